The van der Waals surface area contributed by atoms with Crippen molar-refractivity contribution >= 4 is 45.9 Å². The van der Waals surface area contributed by atoms with E-state index in [1.54, 1.807) is 18.2 Å². The first-order chi connectivity index (χ1) is 9.56. The molecule has 2 N–H and O–H groups in total. The summed E-state index contributed by atoms with van der Waals surface area (Å²) in [7, 11) is 0. The topological polar surface area (TPSA) is 40.7 Å². The van der Waals surface area contributed by atoms with Gasteiger partial charge in [0.2, 0.25) is 5.95 Å². The maximum atomic E-state index is 13.6. The van der Waals surface area contributed by atoms with Crippen LogP contribution >= 0.6 is 23.2 Å². The van der Waals surface area contributed by atoms with E-state index in [1.165, 1.54) is 6.07 Å². The second-order valence-electron chi connectivity index (χ2n) is 4.06. The predicted octanol–water partition coefficient (Wildman–Crippen LogP) is 4.89. The molecule has 0 aliphatic heterocycles. The Morgan fingerprint density at radius 3 is 2.45 bits per heavy atom. The monoisotopic (exact) mass is 313 g/mol. The molecule has 0 radical (unpaired) electrons. The van der Waals surface area contributed by atoms with Crippen LogP contribution in [0.2, 0.25) is 10.0 Å². The van der Waals surface area contributed by atoms with Crippen LogP contribution < -0.4 is 5.32 Å². The molecule has 0 aliphatic rings. The van der Waals surface area contributed by atoms with Crippen molar-refractivity contribution in [3.8, 4) is 0 Å². The van der Waals surface area contributed by atoms with Gasteiger partial charge in [0, 0.05) is 0 Å². The minimum absolute atomic E-state index is 0.0873. The van der Waals surface area contributed by atoms with Gasteiger partial charge in [0.25, 0.3) is 0 Å². The van der Waals surface area contributed by atoms with E-state index in [0.29, 0.717) is 21.2 Å². The Morgan fingerprint density at radius 1 is 1.05 bits per heavy atom. The molecular weight excluding hydrogens is 307 g/mol. The van der Waals surface area contributed by atoms with Crippen molar-refractivity contribution in [3.63, 3.8) is 0 Å². The zero-order valence-electron chi connectivity index (χ0n) is 9.85. The molecule has 102 valence electrons. The van der Waals surface area contributed by atoms with Crippen LogP contribution in [-0.4, -0.2) is 9.97 Å². The van der Waals surface area contributed by atoms with Gasteiger partial charge < -0.3 is 10.3 Å². The molecule has 7 heteroatoms. The maximum absolute atomic E-state index is 13.6. The van der Waals surface area contributed by atoms with Crippen LogP contribution in [0.1, 0.15) is 0 Å². The molecule has 0 unspecified atom stereocenters. The van der Waals surface area contributed by atoms with Crippen molar-refractivity contribution in [1.29, 1.82) is 0 Å². The van der Waals surface area contributed by atoms with E-state index in [9.17, 15) is 8.78 Å². The molecule has 0 bridgehead atoms. The van der Waals surface area contributed by atoms with Crippen molar-refractivity contribution < 1.29 is 8.78 Å². The van der Waals surface area contributed by atoms with Crippen molar-refractivity contribution in [2.75, 3.05) is 5.32 Å². The second kappa shape index (κ2) is 4.92. The lowest BCUT2D eigenvalue weighted by molar-refractivity contribution is 0.515. The second-order valence-corrected chi connectivity index (χ2v) is 4.88. The molecule has 0 saturated heterocycles. The molecule has 3 aromatic rings. The van der Waals surface area contributed by atoms with Crippen LogP contribution in [0.3, 0.4) is 0 Å². The van der Waals surface area contributed by atoms with Crippen LogP contribution in [0.5, 0.6) is 0 Å². The molecule has 1 heterocycles. The fourth-order valence-electron chi connectivity index (χ4n) is 1.81. The van der Waals surface area contributed by atoms with Gasteiger partial charge in [-0.1, -0.05) is 29.3 Å². The Labute approximate surface area is 122 Å². The average molecular weight is 314 g/mol. The summed E-state index contributed by atoms with van der Waals surface area (Å²) in [4.78, 5) is 6.77. The number of benzene rings is 2. The molecular formula is C13H7Cl2F2N3. The van der Waals surface area contributed by atoms with E-state index in [2.05, 4.69) is 15.3 Å². The minimum Gasteiger partial charge on any atom is -0.324 e. The van der Waals surface area contributed by atoms with E-state index in [-0.39, 0.29) is 11.5 Å². The lowest BCUT2D eigenvalue weighted by atomic mass is 10.3. The molecule has 0 fully saturated rings. The van der Waals surface area contributed by atoms with Gasteiger partial charge in [-0.05, 0) is 24.3 Å². The van der Waals surface area contributed by atoms with Gasteiger partial charge in [-0.2, -0.15) is 0 Å². The quantitative estimate of drug-likeness (QED) is 0.707. The van der Waals surface area contributed by atoms with E-state index in [0.717, 1.165) is 6.07 Å². The molecule has 0 saturated carbocycles. The van der Waals surface area contributed by atoms with Gasteiger partial charge in [-0.25, -0.2) is 13.8 Å². The molecule has 3 rings (SSSR count). The third kappa shape index (κ3) is 2.19. The average Bonchev–Trinajstić information content (AvgIpc) is 2.82. The normalized spacial score (nSPS) is 11.0. The number of nitrogens with one attached hydrogen (secondary N) is 2. The fourth-order valence-corrected chi connectivity index (χ4v) is 2.30. The number of aromatic nitrogens is 2. The number of aromatic amines is 1. The number of para-hydroxylation sites is 1. The smallest absolute Gasteiger partial charge is 0.205 e. The number of hydrogen-bond donors (Lipinski definition) is 2. The standard InChI is InChI=1S/C13H7Cl2F2N3/c14-6-2-1-3-7(15)11(6)19-13-18-9-5-4-8(16)10(17)12(9)20-13/h1-5H,(H2,18,19,20). The molecule has 2 aromatic carbocycles. The fraction of sp³-hybridized carbons (Fsp3) is 0. The predicted molar refractivity (Wildman–Crippen MR) is 75.8 cm³/mol. The number of imidazole rings is 1. The Balaban J connectivity index is 2.06. The van der Waals surface area contributed by atoms with Gasteiger partial charge in [-0.15, -0.1) is 0 Å². The summed E-state index contributed by atoms with van der Waals surface area (Å²) in [5, 5.41) is 3.64. The number of H-pyrrole nitrogens is 1. The lowest BCUT2D eigenvalue weighted by Gasteiger charge is -2.06. The van der Waals surface area contributed by atoms with Crippen LogP contribution in [0, 0.1) is 11.6 Å². The Hall–Kier alpha value is -1.85. The highest BCUT2D eigenvalue weighted by Gasteiger charge is 2.13. The summed E-state index contributed by atoms with van der Waals surface area (Å²) in [5.41, 5.74) is 0.723. The van der Waals surface area contributed by atoms with Crippen molar-refractivity contribution in [3.05, 3.63) is 52.0 Å². The summed E-state index contributed by atoms with van der Waals surface area (Å²) in [5.74, 6) is -1.73. The first kappa shape index (κ1) is 13.1. The first-order valence-corrected chi connectivity index (χ1v) is 6.36. The zero-order chi connectivity index (χ0) is 14.3. The van der Waals surface area contributed by atoms with Crippen LogP contribution in [0.4, 0.5) is 20.4 Å². The number of anilines is 2. The van der Waals surface area contributed by atoms with Gasteiger partial charge in [-0.3, -0.25) is 0 Å². The van der Waals surface area contributed by atoms with Crippen molar-refractivity contribution in [2.45, 2.75) is 0 Å². The molecule has 0 spiro atoms. The SMILES string of the molecule is Fc1ccc2[nH]c(Nc3c(Cl)cccc3Cl)nc2c1F. The highest BCUT2D eigenvalue weighted by molar-refractivity contribution is 6.39. The van der Waals surface area contributed by atoms with E-state index < -0.39 is 11.6 Å². The summed E-state index contributed by atoms with van der Waals surface area (Å²) in [6.45, 7) is 0. The van der Waals surface area contributed by atoms with E-state index in [4.69, 9.17) is 23.2 Å². The van der Waals surface area contributed by atoms with Gasteiger partial charge in [0.05, 0.1) is 21.2 Å². The third-order valence-electron chi connectivity index (χ3n) is 2.75. The van der Waals surface area contributed by atoms with Gasteiger partial charge >= 0.3 is 0 Å². The molecule has 3 nitrogen and oxygen atoms in total. The third-order valence-corrected chi connectivity index (χ3v) is 3.38. The summed E-state index contributed by atoms with van der Waals surface area (Å²) < 4.78 is 26.7. The maximum Gasteiger partial charge on any atom is 0.205 e. The molecule has 0 amide bonds. The van der Waals surface area contributed by atoms with Crippen molar-refractivity contribution in [1.82, 2.24) is 9.97 Å². The molecule has 0 atom stereocenters. The summed E-state index contributed by atoms with van der Waals surface area (Å²) in [6.07, 6.45) is 0. The van der Waals surface area contributed by atoms with Crippen LogP contribution in [0.15, 0.2) is 30.3 Å². The molecule has 20 heavy (non-hydrogen) atoms. The minimum atomic E-state index is -1.00. The van der Waals surface area contributed by atoms with Crippen molar-refractivity contribution in [2.24, 2.45) is 0 Å². The number of hydrogen-bond acceptors (Lipinski definition) is 2. The van der Waals surface area contributed by atoms with Gasteiger partial charge in [0.15, 0.2) is 11.6 Å². The number of fused-ring (bicyclic) bond motifs is 1. The summed E-state index contributed by atoms with van der Waals surface area (Å²) >= 11 is 12.0. The number of halogens is 4. The summed E-state index contributed by atoms with van der Waals surface area (Å²) in [6, 6.07) is 7.43. The van der Waals surface area contributed by atoms with E-state index >= 15 is 0 Å². The highest BCUT2D eigenvalue weighted by atomic mass is 35.5. The number of rotatable bonds is 2. The largest absolute Gasteiger partial charge is 0.324 e. The zero-order valence-corrected chi connectivity index (χ0v) is 11.4. The van der Waals surface area contributed by atoms with Crippen LogP contribution in [0.25, 0.3) is 11.0 Å². The van der Waals surface area contributed by atoms with Gasteiger partial charge in [0.1, 0.15) is 5.52 Å². The first-order valence-electron chi connectivity index (χ1n) is 5.61. The Bertz CT molecular complexity index is 781. The van der Waals surface area contributed by atoms with E-state index in [1.807, 2.05) is 0 Å². The lowest BCUT2D eigenvalue weighted by Crippen LogP contribution is -1.94. The molecule has 1 aromatic heterocycles. The Morgan fingerprint density at radius 2 is 1.75 bits per heavy atom. The van der Waals surface area contributed by atoms with Crippen LogP contribution in [-0.2, 0) is 0 Å². The molecule has 0 aliphatic carbocycles. The Kier molecular flexibility index (Phi) is 3.23. The number of nitrogens with zero attached hydrogens (tertiary/aromatic N) is 1. The highest BCUT2D eigenvalue weighted by Crippen LogP contribution is 2.32.